The van der Waals surface area contributed by atoms with Gasteiger partial charge in [0.25, 0.3) is 5.91 Å². The summed E-state index contributed by atoms with van der Waals surface area (Å²) in [5.41, 5.74) is 4.31. The number of aromatic nitrogens is 1. The lowest BCUT2D eigenvalue weighted by molar-refractivity contribution is -0.119. The van der Waals surface area contributed by atoms with Crippen molar-refractivity contribution in [2.24, 2.45) is 0 Å². The van der Waals surface area contributed by atoms with Crippen LogP contribution >= 0.6 is 11.3 Å². The van der Waals surface area contributed by atoms with E-state index in [4.69, 9.17) is 0 Å². The van der Waals surface area contributed by atoms with E-state index in [0.29, 0.717) is 21.4 Å². The van der Waals surface area contributed by atoms with E-state index in [1.807, 2.05) is 18.2 Å². The zero-order valence-corrected chi connectivity index (χ0v) is 14.5. The van der Waals surface area contributed by atoms with Crippen molar-refractivity contribution in [1.29, 1.82) is 0 Å². The summed E-state index contributed by atoms with van der Waals surface area (Å²) in [6.45, 7) is 3.18. The number of nitrogens with one attached hydrogen (secondary N) is 2. The SMILES string of the molecule is CC(=O)c1sc(NC(=O)C2=CCC(=O)N(c3ccccc3)N2)nc1C. The highest BCUT2D eigenvalue weighted by Gasteiger charge is 2.24. The Morgan fingerprint density at radius 1 is 1.28 bits per heavy atom. The smallest absolute Gasteiger partial charge is 0.275 e. The molecule has 0 radical (unpaired) electrons. The average Bonchev–Trinajstić information content (AvgIpc) is 2.96. The Kier molecular flexibility index (Phi) is 4.62. The van der Waals surface area contributed by atoms with Gasteiger partial charge in [-0.25, -0.2) is 9.99 Å². The lowest BCUT2D eigenvalue weighted by atomic mass is 10.2. The minimum atomic E-state index is -0.419. The van der Waals surface area contributed by atoms with E-state index in [2.05, 4.69) is 15.7 Å². The Bertz CT molecular complexity index is 873. The van der Waals surface area contributed by atoms with Crippen LogP contribution in [0.25, 0.3) is 0 Å². The number of amides is 2. The van der Waals surface area contributed by atoms with Crippen LogP contribution in [0.2, 0.25) is 0 Å². The predicted octanol–water partition coefficient (Wildman–Crippen LogP) is 2.42. The van der Waals surface area contributed by atoms with Gasteiger partial charge in [-0.05, 0) is 25.1 Å². The highest BCUT2D eigenvalue weighted by atomic mass is 32.1. The second kappa shape index (κ2) is 6.86. The molecule has 0 bridgehead atoms. The number of anilines is 2. The van der Waals surface area contributed by atoms with Crippen LogP contribution in [-0.4, -0.2) is 22.6 Å². The van der Waals surface area contributed by atoms with Gasteiger partial charge >= 0.3 is 0 Å². The molecule has 1 aliphatic heterocycles. The van der Waals surface area contributed by atoms with Gasteiger partial charge in [0.2, 0.25) is 5.91 Å². The maximum atomic E-state index is 12.4. The molecule has 2 N–H and O–H groups in total. The van der Waals surface area contributed by atoms with Crippen molar-refractivity contribution in [3.05, 3.63) is 52.7 Å². The van der Waals surface area contributed by atoms with Crippen molar-refractivity contribution in [3.8, 4) is 0 Å². The molecule has 1 aliphatic rings. The number of ketones is 1. The summed E-state index contributed by atoms with van der Waals surface area (Å²) < 4.78 is 0. The van der Waals surface area contributed by atoms with E-state index >= 15 is 0 Å². The van der Waals surface area contributed by atoms with Gasteiger partial charge in [-0.1, -0.05) is 29.5 Å². The van der Waals surface area contributed by atoms with Crippen LogP contribution in [0.4, 0.5) is 10.8 Å². The van der Waals surface area contributed by atoms with E-state index in [1.165, 1.54) is 18.0 Å². The maximum Gasteiger partial charge on any atom is 0.275 e. The molecule has 2 heterocycles. The van der Waals surface area contributed by atoms with Crippen molar-refractivity contribution in [1.82, 2.24) is 10.4 Å². The Morgan fingerprint density at radius 3 is 2.64 bits per heavy atom. The highest BCUT2D eigenvalue weighted by molar-refractivity contribution is 7.17. The first-order valence-electron chi connectivity index (χ1n) is 7.60. The molecule has 2 aromatic rings. The summed E-state index contributed by atoms with van der Waals surface area (Å²) in [5, 5.41) is 4.34. The third-order valence-corrected chi connectivity index (χ3v) is 4.73. The monoisotopic (exact) mass is 356 g/mol. The van der Waals surface area contributed by atoms with Crippen LogP contribution in [0.15, 0.2) is 42.1 Å². The summed E-state index contributed by atoms with van der Waals surface area (Å²) in [6.07, 6.45) is 1.64. The molecule has 128 valence electrons. The van der Waals surface area contributed by atoms with E-state index in [9.17, 15) is 14.4 Å². The van der Waals surface area contributed by atoms with Gasteiger partial charge < -0.3 is 0 Å². The molecular formula is C17H16N4O3S. The molecule has 1 aromatic carbocycles. The van der Waals surface area contributed by atoms with Crippen LogP contribution in [0, 0.1) is 6.92 Å². The van der Waals surface area contributed by atoms with Gasteiger partial charge in [0.1, 0.15) is 5.70 Å². The first-order chi connectivity index (χ1) is 12.0. The molecule has 25 heavy (non-hydrogen) atoms. The largest absolute Gasteiger partial charge is 0.296 e. The van der Waals surface area contributed by atoms with Gasteiger partial charge in [0.15, 0.2) is 10.9 Å². The Morgan fingerprint density at radius 2 is 2.00 bits per heavy atom. The number of rotatable bonds is 4. The third kappa shape index (κ3) is 3.58. The highest BCUT2D eigenvalue weighted by Crippen LogP contribution is 2.24. The molecule has 0 saturated carbocycles. The van der Waals surface area contributed by atoms with Crippen molar-refractivity contribution in [3.63, 3.8) is 0 Å². The van der Waals surface area contributed by atoms with Gasteiger partial charge in [-0.2, -0.15) is 0 Å². The van der Waals surface area contributed by atoms with Crippen molar-refractivity contribution < 1.29 is 14.4 Å². The van der Waals surface area contributed by atoms with Gasteiger partial charge in [-0.15, -0.1) is 0 Å². The normalized spacial score (nSPS) is 13.9. The fourth-order valence-corrected chi connectivity index (χ4v) is 3.24. The number of Topliss-reactive ketones (excluding diaryl/α,β-unsaturated/α-hetero) is 1. The third-order valence-electron chi connectivity index (χ3n) is 3.56. The number of hydrogen-bond acceptors (Lipinski definition) is 6. The number of nitrogens with zero attached hydrogens (tertiary/aromatic N) is 2. The topological polar surface area (TPSA) is 91.4 Å². The molecular weight excluding hydrogens is 340 g/mol. The van der Waals surface area contributed by atoms with Gasteiger partial charge in [-0.3, -0.25) is 25.1 Å². The second-order valence-corrected chi connectivity index (χ2v) is 6.44. The van der Waals surface area contributed by atoms with E-state index in [1.54, 1.807) is 19.1 Å². The summed E-state index contributed by atoms with van der Waals surface area (Å²) >= 11 is 1.13. The number of aryl methyl sites for hydroxylation is 1. The fourth-order valence-electron chi connectivity index (χ4n) is 2.38. The van der Waals surface area contributed by atoms with Crippen LogP contribution in [0.5, 0.6) is 0 Å². The molecule has 0 saturated heterocycles. The molecule has 0 unspecified atom stereocenters. The first-order valence-corrected chi connectivity index (χ1v) is 8.42. The van der Waals surface area contributed by atoms with E-state index in [-0.39, 0.29) is 23.8 Å². The molecule has 0 fully saturated rings. The zero-order chi connectivity index (χ0) is 18.0. The quantitative estimate of drug-likeness (QED) is 0.821. The number of para-hydroxylation sites is 1. The average molecular weight is 356 g/mol. The van der Waals surface area contributed by atoms with E-state index in [0.717, 1.165) is 11.3 Å². The number of benzene rings is 1. The Labute approximate surface area is 148 Å². The van der Waals surface area contributed by atoms with Gasteiger partial charge in [0.05, 0.1) is 16.3 Å². The molecule has 0 aliphatic carbocycles. The maximum absolute atomic E-state index is 12.4. The number of hydrogen-bond donors (Lipinski definition) is 2. The number of carbonyl (C=O) groups is 3. The van der Waals surface area contributed by atoms with E-state index < -0.39 is 5.91 Å². The fraction of sp³-hybridized carbons (Fsp3) is 0.176. The molecule has 8 heteroatoms. The second-order valence-electron chi connectivity index (χ2n) is 5.44. The molecule has 0 atom stereocenters. The van der Waals surface area contributed by atoms with Crippen molar-refractivity contribution in [2.45, 2.75) is 20.3 Å². The standard InChI is InChI=1S/C17H16N4O3S/c1-10-15(11(2)22)25-17(18-10)19-16(24)13-8-9-14(23)21(20-13)12-6-4-3-5-7-12/h3-8,20H,9H2,1-2H3,(H,18,19,24). The lowest BCUT2D eigenvalue weighted by Crippen LogP contribution is -2.47. The molecule has 3 rings (SSSR count). The molecule has 1 aromatic heterocycles. The Balaban J connectivity index is 1.75. The van der Waals surface area contributed by atoms with Gasteiger partial charge in [0, 0.05) is 13.3 Å². The number of hydrazine groups is 1. The molecule has 0 spiro atoms. The van der Waals surface area contributed by atoms with Crippen LogP contribution in [0.1, 0.15) is 28.7 Å². The minimum absolute atomic E-state index is 0.0913. The van der Waals surface area contributed by atoms with Crippen LogP contribution < -0.4 is 15.8 Å². The summed E-state index contributed by atoms with van der Waals surface area (Å²) in [7, 11) is 0. The zero-order valence-electron chi connectivity index (χ0n) is 13.7. The lowest BCUT2D eigenvalue weighted by Gasteiger charge is -2.28. The van der Waals surface area contributed by atoms with Crippen molar-refractivity contribution >= 4 is 39.8 Å². The van der Waals surface area contributed by atoms with Crippen LogP contribution in [0.3, 0.4) is 0 Å². The van der Waals surface area contributed by atoms with Crippen LogP contribution in [-0.2, 0) is 9.59 Å². The predicted molar refractivity (Wildman–Crippen MR) is 95.2 cm³/mol. The minimum Gasteiger partial charge on any atom is -0.296 e. The number of thiazole rings is 1. The first kappa shape index (κ1) is 16.8. The summed E-state index contributed by atoms with van der Waals surface area (Å²) in [6, 6.07) is 9.01. The molecule has 2 amide bonds. The van der Waals surface area contributed by atoms with Crippen molar-refractivity contribution in [2.75, 3.05) is 10.3 Å². The molecule has 7 nitrogen and oxygen atoms in total. The Hall–Kier alpha value is -3.00. The number of carbonyl (C=O) groups excluding carboxylic acids is 3. The summed E-state index contributed by atoms with van der Waals surface area (Å²) in [5.74, 6) is -0.671. The summed E-state index contributed by atoms with van der Waals surface area (Å²) in [4.78, 5) is 40.7.